The first kappa shape index (κ1) is 15.8. The Morgan fingerprint density at radius 1 is 1.26 bits per heavy atom. The Bertz CT molecular complexity index is 441. The van der Waals surface area contributed by atoms with Gasteiger partial charge < -0.3 is 15.2 Å². The van der Waals surface area contributed by atoms with E-state index in [2.05, 4.69) is 5.32 Å². The van der Waals surface area contributed by atoms with E-state index in [1.54, 1.807) is 52.0 Å². The van der Waals surface area contributed by atoms with Crippen LogP contribution in [0.3, 0.4) is 0 Å². The number of nitrogens with one attached hydrogen (secondary N) is 1. The molecule has 0 radical (unpaired) electrons. The molecule has 0 saturated carbocycles. The summed E-state index contributed by atoms with van der Waals surface area (Å²) in [5, 5.41) is 12.5. The smallest absolute Gasteiger partial charge is 0.264 e. The zero-order valence-electron chi connectivity index (χ0n) is 11.7. The van der Waals surface area contributed by atoms with Crippen LogP contribution in [0.4, 0.5) is 0 Å². The number of aliphatic hydroxyl groups excluding tert-OH is 1. The van der Waals surface area contributed by atoms with Gasteiger partial charge in [-0.25, -0.2) is 0 Å². The Kier molecular flexibility index (Phi) is 4.82. The normalized spacial score (nSPS) is 12.1. The van der Waals surface area contributed by atoms with Gasteiger partial charge in [0.25, 0.3) is 5.91 Å². The highest BCUT2D eigenvalue weighted by Crippen LogP contribution is 2.21. The minimum atomic E-state index is -1.04. The van der Waals surface area contributed by atoms with Gasteiger partial charge in [-0.15, -0.1) is 0 Å². The van der Waals surface area contributed by atoms with E-state index in [-0.39, 0.29) is 12.5 Å². The van der Waals surface area contributed by atoms with E-state index in [1.807, 2.05) is 0 Å². The van der Waals surface area contributed by atoms with E-state index in [1.165, 1.54) is 0 Å². The third-order valence-corrected chi connectivity index (χ3v) is 2.83. The van der Waals surface area contributed by atoms with Crippen molar-refractivity contribution in [3.8, 4) is 5.75 Å². The summed E-state index contributed by atoms with van der Waals surface area (Å²) in [6, 6.07) is 6.80. The van der Waals surface area contributed by atoms with Gasteiger partial charge in [0.2, 0.25) is 0 Å². The first-order valence-electron chi connectivity index (χ1n) is 6.04. The molecule has 1 aromatic rings. The van der Waals surface area contributed by atoms with Crippen LogP contribution < -0.4 is 10.1 Å². The van der Waals surface area contributed by atoms with E-state index in [0.717, 1.165) is 0 Å². The van der Waals surface area contributed by atoms with Crippen molar-refractivity contribution in [3.63, 3.8) is 0 Å². The van der Waals surface area contributed by atoms with Crippen LogP contribution in [-0.2, 0) is 4.79 Å². The number of carbonyl (C=O) groups excluding carboxylic acids is 1. The molecule has 19 heavy (non-hydrogen) atoms. The molecule has 0 aliphatic carbocycles. The Balaban J connectivity index is 2.75. The highest BCUT2D eigenvalue weighted by atomic mass is 35.5. The van der Waals surface area contributed by atoms with Gasteiger partial charge in [-0.05, 0) is 52.0 Å². The Morgan fingerprint density at radius 3 is 2.26 bits per heavy atom. The lowest BCUT2D eigenvalue weighted by molar-refractivity contribution is -0.136. The number of hydrogen-bond acceptors (Lipinski definition) is 3. The third-order valence-electron chi connectivity index (χ3n) is 2.58. The van der Waals surface area contributed by atoms with Gasteiger partial charge >= 0.3 is 0 Å². The molecule has 0 spiro atoms. The first-order chi connectivity index (χ1) is 8.66. The summed E-state index contributed by atoms with van der Waals surface area (Å²) in [4.78, 5) is 12.1. The quantitative estimate of drug-likeness (QED) is 0.873. The van der Waals surface area contributed by atoms with E-state index >= 15 is 0 Å². The van der Waals surface area contributed by atoms with Crippen molar-refractivity contribution in [3.05, 3.63) is 29.3 Å². The predicted octanol–water partition coefficient (Wildman–Crippen LogP) is 2.38. The molecule has 0 bridgehead atoms. The van der Waals surface area contributed by atoms with Crippen molar-refractivity contribution in [1.29, 1.82) is 0 Å². The standard InChI is InChI=1S/C14H20ClNO3/c1-13(2,9-17)16-12(18)14(3,4)19-11-7-5-10(15)6-8-11/h5-8,17H,9H2,1-4H3,(H,16,18). The molecular weight excluding hydrogens is 266 g/mol. The topological polar surface area (TPSA) is 58.6 Å². The molecule has 0 aromatic heterocycles. The van der Waals surface area contributed by atoms with Crippen LogP contribution in [0.25, 0.3) is 0 Å². The summed E-state index contributed by atoms with van der Waals surface area (Å²) in [7, 11) is 0. The number of benzene rings is 1. The number of rotatable bonds is 5. The Labute approximate surface area is 118 Å². The van der Waals surface area contributed by atoms with Crippen LogP contribution in [0.5, 0.6) is 5.75 Å². The fraction of sp³-hybridized carbons (Fsp3) is 0.500. The van der Waals surface area contributed by atoms with Gasteiger partial charge in [-0.1, -0.05) is 11.6 Å². The Morgan fingerprint density at radius 2 is 1.79 bits per heavy atom. The van der Waals surface area contributed by atoms with Crippen molar-refractivity contribution in [2.75, 3.05) is 6.61 Å². The molecule has 106 valence electrons. The predicted molar refractivity (Wildman–Crippen MR) is 75.5 cm³/mol. The van der Waals surface area contributed by atoms with Crippen LogP contribution in [0.1, 0.15) is 27.7 Å². The second-order valence-electron chi connectivity index (χ2n) is 5.56. The van der Waals surface area contributed by atoms with Crippen molar-refractivity contribution in [1.82, 2.24) is 5.32 Å². The number of aliphatic hydroxyl groups is 1. The zero-order valence-corrected chi connectivity index (χ0v) is 12.4. The zero-order chi connectivity index (χ0) is 14.7. The molecule has 0 aliphatic rings. The number of ether oxygens (including phenoxy) is 1. The highest BCUT2D eigenvalue weighted by molar-refractivity contribution is 6.30. The lowest BCUT2D eigenvalue weighted by atomic mass is 10.0. The number of halogens is 1. The molecule has 0 fully saturated rings. The summed E-state index contributed by atoms with van der Waals surface area (Å²) in [6.45, 7) is 6.68. The van der Waals surface area contributed by atoms with Crippen LogP contribution in [0.2, 0.25) is 5.02 Å². The van der Waals surface area contributed by atoms with Crippen molar-refractivity contribution in [2.45, 2.75) is 38.8 Å². The molecule has 0 aliphatic heterocycles. The maximum Gasteiger partial charge on any atom is 0.264 e. The van der Waals surface area contributed by atoms with Gasteiger partial charge in [0.05, 0.1) is 12.1 Å². The first-order valence-corrected chi connectivity index (χ1v) is 6.42. The van der Waals surface area contributed by atoms with Crippen LogP contribution >= 0.6 is 11.6 Å². The summed E-state index contributed by atoms with van der Waals surface area (Å²) in [5.41, 5.74) is -1.72. The minimum absolute atomic E-state index is 0.143. The number of hydrogen-bond donors (Lipinski definition) is 2. The van der Waals surface area contributed by atoms with Gasteiger partial charge in [-0.3, -0.25) is 4.79 Å². The fourth-order valence-corrected chi connectivity index (χ4v) is 1.47. The molecule has 0 heterocycles. The Hall–Kier alpha value is -1.26. The number of amides is 1. The maximum absolute atomic E-state index is 12.1. The second kappa shape index (κ2) is 5.80. The van der Waals surface area contributed by atoms with Gasteiger partial charge in [0.1, 0.15) is 5.75 Å². The molecule has 4 nitrogen and oxygen atoms in total. The van der Waals surface area contributed by atoms with E-state index in [4.69, 9.17) is 21.4 Å². The third kappa shape index (κ3) is 4.73. The average Bonchev–Trinajstić information content (AvgIpc) is 2.31. The summed E-state index contributed by atoms with van der Waals surface area (Å²) >= 11 is 5.79. The van der Waals surface area contributed by atoms with E-state index in [9.17, 15) is 4.79 Å². The molecule has 0 unspecified atom stereocenters. The largest absolute Gasteiger partial charge is 0.478 e. The molecule has 1 amide bonds. The number of carbonyl (C=O) groups is 1. The molecule has 0 atom stereocenters. The SMILES string of the molecule is CC(C)(CO)NC(=O)C(C)(C)Oc1ccc(Cl)cc1. The van der Waals surface area contributed by atoms with Gasteiger partial charge in [0.15, 0.2) is 5.60 Å². The molecular formula is C14H20ClNO3. The maximum atomic E-state index is 12.1. The lowest BCUT2D eigenvalue weighted by Gasteiger charge is -2.31. The van der Waals surface area contributed by atoms with E-state index < -0.39 is 11.1 Å². The molecule has 5 heteroatoms. The highest BCUT2D eigenvalue weighted by Gasteiger charge is 2.33. The second-order valence-corrected chi connectivity index (χ2v) is 6.00. The van der Waals surface area contributed by atoms with Crippen molar-refractivity contribution in [2.24, 2.45) is 0 Å². The van der Waals surface area contributed by atoms with E-state index in [0.29, 0.717) is 10.8 Å². The van der Waals surface area contributed by atoms with Crippen LogP contribution in [0.15, 0.2) is 24.3 Å². The molecule has 0 saturated heterocycles. The monoisotopic (exact) mass is 285 g/mol. The summed E-state index contributed by atoms with van der Waals surface area (Å²) in [5.74, 6) is 0.271. The van der Waals surface area contributed by atoms with Crippen molar-refractivity contribution < 1.29 is 14.6 Å². The molecule has 1 rings (SSSR count). The fourth-order valence-electron chi connectivity index (χ4n) is 1.34. The summed E-state index contributed by atoms with van der Waals surface area (Å²) in [6.07, 6.45) is 0. The summed E-state index contributed by atoms with van der Waals surface area (Å²) < 4.78 is 5.66. The lowest BCUT2D eigenvalue weighted by Crippen LogP contribution is -2.55. The minimum Gasteiger partial charge on any atom is -0.478 e. The van der Waals surface area contributed by atoms with Crippen molar-refractivity contribution >= 4 is 17.5 Å². The average molecular weight is 286 g/mol. The van der Waals surface area contributed by atoms with Gasteiger partial charge in [0, 0.05) is 5.02 Å². The molecule has 1 aromatic carbocycles. The van der Waals surface area contributed by atoms with Crippen LogP contribution in [0, 0.1) is 0 Å². The molecule has 2 N–H and O–H groups in total. The van der Waals surface area contributed by atoms with Gasteiger partial charge in [-0.2, -0.15) is 0 Å². The van der Waals surface area contributed by atoms with Crippen LogP contribution in [-0.4, -0.2) is 28.8 Å².